The molecule has 0 aromatic carbocycles. The summed E-state index contributed by atoms with van der Waals surface area (Å²) in [5.41, 5.74) is 0. The Morgan fingerprint density at radius 2 is 1.40 bits per heavy atom. The van der Waals surface area contributed by atoms with Crippen molar-refractivity contribution in [2.24, 2.45) is 0 Å². The van der Waals surface area contributed by atoms with E-state index in [1.54, 1.807) is 12.2 Å². The Balaban J connectivity index is 4.38. The van der Waals surface area contributed by atoms with Crippen LogP contribution in [-0.2, 0) is 32.7 Å². The van der Waals surface area contributed by atoms with Crippen molar-refractivity contribution >= 4 is 19.8 Å². The average molecular weight is 627 g/mol. The zero-order valence-corrected chi connectivity index (χ0v) is 27.4. The van der Waals surface area contributed by atoms with E-state index in [1.165, 1.54) is 6.92 Å². The van der Waals surface area contributed by atoms with Crippen molar-refractivity contribution in [3.63, 3.8) is 0 Å². The quantitative estimate of drug-likeness (QED) is 0.0452. The highest BCUT2D eigenvalue weighted by molar-refractivity contribution is 7.47. The second-order valence-electron chi connectivity index (χ2n) is 10.7. The fourth-order valence-corrected chi connectivity index (χ4v) is 3.82. The summed E-state index contributed by atoms with van der Waals surface area (Å²) in [6, 6.07) is 0. The molecule has 0 aromatic rings. The first kappa shape index (κ1) is 40.4. The molecule has 0 aliphatic heterocycles. The monoisotopic (exact) mass is 626 g/mol. The Kier molecular flexibility index (Phi) is 23.3. The van der Waals surface area contributed by atoms with E-state index >= 15 is 0 Å². The SMILES string of the molecule is CC/C=C\C/C=C\C/C=C\C/C=C\C/C=C\C=C/C(O)CCC(=O)O[C@H](COC(C)=O)COP(=O)(O)OCC[N+](C)(C)C. The molecule has 2 unspecified atom stereocenters. The Morgan fingerprint density at radius 3 is 1.93 bits per heavy atom. The van der Waals surface area contributed by atoms with Crippen LogP contribution in [0, 0.1) is 0 Å². The molecule has 244 valence electrons. The Morgan fingerprint density at radius 1 is 0.837 bits per heavy atom. The number of carbonyl (C=O) groups is 2. The molecule has 11 heteroatoms. The van der Waals surface area contributed by atoms with E-state index in [2.05, 4.69) is 55.5 Å². The van der Waals surface area contributed by atoms with Gasteiger partial charge in [0.2, 0.25) is 0 Å². The van der Waals surface area contributed by atoms with Gasteiger partial charge < -0.3 is 24.0 Å². The van der Waals surface area contributed by atoms with Gasteiger partial charge >= 0.3 is 19.8 Å². The van der Waals surface area contributed by atoms with Crippen molar-refractivity contribution in [2.45, 2.75) is 71.0 Å². The highest BCUT2D eigenvalue weighted by Gasteiger charge is 2.26. The van der Waals surface area contributed by atoms with Gasteiger partial charge in [0.25, 0.3) is 0 Å². The van der Waals surface area contributed by atoms with Gasteiger partial charge in [-0.3, -0.25) is 18.6 Å². The topological polar surface area (TPSA) is 129 Å². The van der Waals surface area contributed by atoms with Crippen molar-refractivity contribution in [1.82, 2.24) is 0 Å². The summed E-state index contributed by atoms with van der Waals surface area (Å²) in [5.74, 6) is -1.29. The lowest BCUT2D eigenvalue weighted by molar-refractivity contribution is -0.870. The van der Waals surface area contributed by atoms with Crippen LogP contribution in [0.4, 0.5) is 0 Å². The van der Waals surface area contributed by atoms with E-state index < -0.39 is 38.6 Å². The number of hydrogen-bond acceptors (Lipinski definition) is 8. The number of phosphoric ester groups is 1. The number of rotatable bonds is 24. The van der Waals surface area contributed by atoms with Crippen molar-refractivity contribution < 1.29 is 47.2 Å². The number of allylic oxidation sites excluding steroid dienone is 11. The second-order valence-corrected chi connectivity index (χ2v) is 12.1. The number of likely N-dealkylation sites (N-methyl/N-ethyl adjacent to an activating group) is 1. The molecule has 0 aliphatic carbocycles. The van der Waals surface area contributed by atoms with Gasteiger partial charge in [0.15, 0.2) is 6.10 Å². The Hall–Kier alpha value is -2.59. The molecule has 0 aliphatic rings. The maximum Gasteiger partial charge on any atom is 0.472 e. The van der Waals surface area contributed by atoms with Crippen LogP contribution in [0.2, 0.25) is 0 Å². The van der Waals surface area contributed by atoms with Crippen LogP contribution < -0.4 is 0 Å². The Bertz CT molecular complexity index is 993. The van der Waals surface area contributed by atoms with Gasteiger partial charge in [-0.15, -0.1) is 0 Å². The lowest BCUT2D eigenvalue weighted by Crippen LogP contribution is -2.37. The van der Waals surface area contributed by atoms with Gasteiger partial charge in [-0.1, -0.05) is 79.8 Å². The summed E-state index contributed by atoms with van der Waals surface area (Å²) >= 11 is 0. The number of esters is 2. The molecule has 0 radical (unpaired) electrons. The van der Waals surface area contributed by atoms with Crippen LogP contribution in [0.3, 0.4) is 0 Å². The molecular formula is C32H53NO9P+. The molecule has 10 nitrogen and oxygen atoms in total. The van der Waals surface area contributed by atoms with Gasteiger partial charge in [-0.05, 0) is 38.5 Å². The summed E-state index contributed by atoms with van der Waals surface area (Å²) in [7, 11) is 1.31. The summed E-state index contributed by atoms with van der Waals surface area (Å²) < 4.78 is 32.6. The molecule has 0 heterocycles. The van der Waals surface area contributed by atoms with Crippen molar-refractivity contribution in [1.29, 1.82) is 0 Å². The zero-order chi connectivity index (χ0) is 32.4. The number of aliphatic hydroxyl groups excluding tert-OH is 1. The van der Waals surface area contributed by atoms with Crippen molar-refractivity contribution in [3.8, 4) is 0 Å². The lowest BCUT2D eigenvalue weighted by atomic mass is 10.2. The molecule has 0 spiro atoms. The number of ether oxygens (including phenoxy) is 2. The molecule has 0 bridgehead atoms. The molecule has 3 atom stereocenters. The first-order chi connectivity index (χ1) is 20.3. The van der Waals surface area contributed by atoms with Crippen LogP contribution in [0.25, 0.3) is 0 Å². The molecule has 0 fully saturated rings. The maximum atomic E-state index is 12.3. The van der Waals surface area contributed by atoms with Crippen LogP contribution in [0.15, 0.2) is 72.9 Å². The zero-order valence-electron chi connectivity index (χ0n) is 26.5. The van der Waals surface area contributed by atoms with Gasteiger partial charge in [-0.2, -0.15) is 0 Å². The van der Waals surface area contributed by atoms with E-state index in [0.717, 1.165) is 32.1 Å². The third-order valence-corrected chi connectivity index (χ3v) is 6.41. The third-order valence-electron chi connectivity index (χ3n) is 5.43. The summed E-state index contributed by atoms with van der Waals surface area (Å²) in [4.78, 5) is 33.4. The van der Waals surface area contributed by atoms with Crippen LogP contribution in [0.1, 0.15) is 58.8 Å². The molecule has 0 rings (SSSR count). The second kappa shape index (κ2) is 24.8. The summed E-state index contributed by atoms with van der Waals surface area (Å²) in [5, 5.41) is 10.1. The number of quaternary nitrogens is 1. The smallest absolute Gasteiger partial charge is 0.462 e. The number of hydrogen-bond donors (Lipinski definition) is 2. The first-order valence-corrected chi connectivity index (χ1v) is 16.2. The highest BCUT2D eigenvalue weighted by Crippen LogP contribution is 2.43. The maximum absolute atomic E-state index is 12.3. The average Bonchev–Trinajstić information content (AvgIpc) is 2.92. The van der Waals surface area contributed by atoms with Crippen molar-refractivity contribution in [3.05, 3.63) is 72.9 Å². The minimum absolute atomic E-state index is 0.0172. The molecule has 0 aromatic heterocycles. The molecule has 2 N–H and O–H groups in total. The van der Waals surface area contributed by atoms with E-state index in [9.17, 15) is 24.2 Å². The standard InChI is InChI=1S/C32H52NO9P/c1-6-7-8-9-10-11-12-13-14-15-16-17-18-19-20-21-22-30(35)23-24-32(36)42-31(27-39-29(2)34)28-41-43(37,38)40-26-25-33(3,4)5/h7-8,10-11,13-14,16-17,19-22,30-31,35H,6,9,12,15,18,23-28H2,1-5H3/p+1/b8-7-,11-10-,14-13-,17-16-,20-19-,22-21-/t30?,31-/m1/s1. The van der Waals surface area contributed by atoms with Crippen LogP contribution in [-0.4, -0.2) is 86.1 Å². The first-order valence-electron chi connectivity index (χ1n) is 14.7. The van der Waals surface area contributed by atoms with Gasteiger partial charge in [0.05, 0.1) is 33.9 Å². The van der Waals surface area contributed by atoms with Crippen LogP contribution in [0.5, 0.6) is 0 Å². The largest absolute Gasteiger partial charge is 0.472 e. The predicted molar refractivity (Wildman–Crippen MR) is 170 cm³/mol. The number of phosphoric acid groups is 1. The van der Waals surface area contributed by atoms with E-state index in [-0.39, 0.29) is 26.1 Å². The fraction of sp³-hybridized carbons (Fsp3) is 0.562. The number of nitrogens with zero attached hydrogens (tertiary/aromatic N) is 1. The van der Waals surface area contributed by atoms with Gasteiger partial charge in [0.1, 0.15) is 19.8 Å². The normalized spacial score (nSPS) is 15.8. The minimum Gasteiger partial charge on any atom is -0.462 e. The predicted octanol–water partition coefficient (Wildman–Crippen LogP) is 5.75. The van der Waals surface area contributed by atoms with E-state index in [1.807, 2.05) is 33.3 Å². The minimum atomic E-state index is -4.40. The highest BCUT2D eigenvalue weighted by atomic mass is 31.2. The molecular weight excluding hydrogens is 573 g/mol. The van der Waals surface area contributed by atoms with E-state index in [0.29, 0.717) is 11.0 Å². The molecule has 0 saturated heterocycles. The van der Waals surface area contributed by atoms with E-state index in [4.69, 9.17) is 18.5 Å². The Labute approximate surface area is 258 Å². The summed E-state index contributed by atoms with van der Waals surface area (Å²) in [6.07, 6.45) is 26.8. The fourth-order valence-electron chi connectivity index (χ4n) is 3.08. The number of aliphatic hydroxyl groups is 1. The molecule has 0 amide bonds. The lowest BCUT2D eigenvalue weighted by Gasteiger charge is -2.24. The summed E-state index contributed by atoms with van der Waals surface area (Å²) in [6.45, 7) is 2.90. The van der Waals surface area contributed by atoms with Crippen LogP contribution >= 0.6 is 7.82 Å². The number of carbonyl (C=O) groups excluding carboxylic acids is 2. The molecule has 43 heavy (non-hydrogen) atoms. The van der Waals surface area contributed by atoms with Crippen molar-refractivity contribution in [2.75, 3.05) is 47.5 Å². The molecule has 0 saturated carbocycles. The van der Waals surface area contributed by atoms with Gasteiger partial charge in [0, 0.05) is 13.3 Å². The van der Waals surface area contributed by atoms with Gasteiger partial charge in [-0.25, -0.2) is 4.57 Å². The third kappa shape index (κ3) is 29.3.